The average Bonchev–Trinajstić information content (AvgIpc) is 2.64. The molecular weight excluding hydrogens is 254 g/mol. The summed E-state index contributed by atoms with van der Waals surface area (Å²) < 4.78 is 0. The van der Waals surface area contributed by atoms with E-state index in [4.69, 9.17) is 0 Å². The molecular formula is C15H23N3O2. The smallest absolute Gasteiger partial charge is 0.255 e. The molecule has 1 N–H and O–H groups in total. The molecule has 1 amide bonds. The van der Waals surface area contributed by atoms with Crippen molar-refractivity contribution >= 4 is 5.91 Å². The molecule has 1 aliphatic heterocycles. The van der Waals surface area contributed by atoms with E-state index in [2.05, 4.69) is 30.8 Å². The molecule has 20 heavy (non-hydrogen) atoms. The van der Waals surface area contributed by atoms with Crippen molar-refractivity contribution in [3.63, 3.8) is 0 Å². The summed E-state index contributed by atoms with van der Waals surface area (Å²) in [7, 11) is 3.93. The molecule has 1 unspecified atom stereocenters. The fourth-order valence-electron chi connectivity index (χ4n) is 2.80. The minimum Gasteiger partial charge on any atom is -0.506 e. The van der Waals surface area contributed by atoms with Crippen LogP contribution in [-0.4, -0.2) is 58.5 Å². The standard InChI is InChI=1S/C15H23N3O2/c1-15(2)12(5-6-18(15)4)10-17(3)14(20)11-7-13(19)9-16-8-11/h7-9,12,19H,5-6,10H2,1-4H3. The zero-order valence-electron chi connectivity index (χ0n) is 12.6. The van der Waals surface area contributed by atoms with Crippen LogP contribution in [0.15, 0.2) is 18.5 Å². The van der Waals surface area contributed by atoms with Crippen LogP contribution in [0.25, 0.3) is 0 Å². The van der Waals surface area contributed by atoms with Crippen molar-refractivity contribution in [2.75, 3.05) is 27.2 Å². The van der Waals surface area contributed by atoms with Crippen molar-refractivity contribution in [1.82, 2.24) is 14.8 Å². The third-order valence-corrected chi connectivity index (χ3v) is 4.61. The minimum atomic E-state index is -0.0984. The highest BCUT2D eigenvalue weighted by molar-refractivity contribution is 5.94. The van der Waals surface area contributed by atoms with Crippen LogP contribution in [-0.2, 0) is 0 Å². The first kappa shape index (κ1) is 14.8. The Hall–Kier alpha value is -1.62. The highest BCUT2D eigenvalue weighted by Gasteiger charge is 2.39. The summed E-state index contributed by atoms with van der Waals surface area (Å²) >= 11 is 0. The summed E-state index contributed by atoms with van der Waals surface area (Å²) in [4.78, 5) is 20.3. The Balaban J connectivity index is 2.05. The van der Waals surface area contributed by atoms with Crippen LogP contribution < -0.4 is 0 Å². The quantitative estimate of drug-likeness (QED) is 0.911. The number of aromatic nitrogens is 1. The Morgan fingerprint density at radius 1 is 1.55 bits per heavy atom. The van der Waals surface area contributed by atoms with Crippen LogP contribution in [0, 0.1) is 5.92 Å². The maximum atomic E-state index is 12.3. The maximum absolute atomic E-state index is 12.3. The lowest BCUT2D eigenvalue weighted by atomic mass is 9.88. The highest BCUT2D eigenvalue weighted by Crippen LogP contribution is 2.33. The fraction of sp³-hybridized carbons (Fsp3) is 0.600. The van der Waals surface area contributed by atoms with Crippen LogP contribution in [0.1, 0.15) is 30.6 Å². The topological polar surface area (TPSA) is 56.7 Å². The number of rotatable bonds is 3. The molecule has 0 aromatic carbocycles. The van der Waals surface area contributed by atoms with Gasteiger partial charge in [0.25, 0.3) is 5.91 Å². The van der Waals surface area contributed by atoms with Crippen LogP contribution >= 0.6 is 0 Å². The predicted octanol–water partition coefficient (Wildman–Crippen LogP) is 1.59. The molecule has 1 atom stereocenters. The summed E-state index contributed by atoms with van der Waals surface area (Å²) in [5.74, 6) is 0.371. The second-order valence-electron chi connectivity index (χ2n) is 6.18. The zero-order valence-corrected chi connectivity index (χ0v) is 12.6. The van der Waals surface area contributed by atoms with E-state index in [0.717, 1.165) is 13.0 Å². The lowest BCUT2D eigenvalue weighted by molar-refractivity contribution is 0.0728. The first-order chi connectivity index (χ1) is 9.32. The molecule has 5 heteroatoms. The summed E-state index contributed by atoms with van der Waals surface area (Å²) in [5, 5.41) is 9.41. The van der Waals surface area contributed by atoms with E-state index in [1.807, 2.05) is 0 Å². The molecule has 0 bridgehead atoms. The molecule has 5 nitrogen and oxygen atoms in total. The third kappa shape index (κ3) is 2.77. The van der Waals surface area contributed by atoms with Crippen LogP contribution in [0.2, 0.25) is 0 Å². The lowest BCUT2D eigenvalue weighted by Crippen LogP contribution is -2.44. The van der Waals surface area contributed by atoms with Gasteiger partial charge < -0.3 is 14.9 Å². The number of pyridine rings is 1. The number of amides is 1. The molecule has 1 aromatic rings. The molecule has 1 fully saturated rings. The van der Waals surface area contributed by atoms with Gasteiger partial charge in [-0.3, -0.25) is 9.78 Å². The second kappa shape index (κ2) is 5.40. The van der Waals surface area contributed by atoms with Crippen LogP contribution in [0.5, 0.6) is 5.75 Å². The first-order valence-electron chi connectivity index (χ1n) is 6.93. The van der Waals surface area contributed by atoms with E-state index in [1.165, 1.54) is 18.5 Å². The van der Waals surface area contributed by atoms with Gasteiger partial charge in [-0.2, -0.15) is 0 Å². The molecule has 0 radical (unpaired) electrons. The SMILES string of the molecule is CN(CC1CCN(C)C1(C)C)C(=O)c1cncc(O)c1. The van der Waals surface area contributed by atoms with Crippen LogP contribution in [0.3, 0.4) is 0 Å². The summed E-state index contributed by atoms with van der Waals surface area (Å²) in [6.45, 7) is 6.22. The number of nitrogens with zero attached hydrogens (tertiary/aromatic N) is 3. The van der Waals surface area contributed by atoms with E-state index in [-0.39, 0.29) is 17.2 Å². The minimum absolute atomic E-state index is 0.0187. The second-order valence-corrected chi connectivity index (χ2v) is 6.18. The fourth-order valence-corrected chi connectivity index (χ4v) is 2.80. The number of aromatic hydroxyl groups is 1. The molecule has 0 spiro atoms. The zero-order chi connectivity index (χ0) is 14.9. The van der Waals surface area contributed by atoms with E-state index < -0.39 is 0 Å². The normalized spacial score (nSPS) is 21.9. The molecule has 0 aliphatic carbocycles. The van der Waals surface area contributed by atoms with Gasteiger partial charge in [0.1, 0.15) is 5.75 Å². The number of carbonyl (C=O) groups excluding carboxylic acids is 1. The maximum Gasteiger partial charge on any atom is 0.255 e. The van der Waals surface area contributed by atoms with Crippen molar-refractivity contribution in [1.29, 1.82) is 0 Å². The Bertz CT molecular complexity index is 502. The molecule has 1 aliphatic rings. The van der Waals surface area contributed by atoms with Gasteiger partial charge in [-0.15, -0.1) is 0 Å². The molecule has 0 saturated carbocycles. The van der Waals surface area contributed by atoms with Gasteiger partial charge in [0.15, 0.2) is 0 Å². The van der Waals surface area contributed by atoms with Crippen molar-refractivity contribution in [3.05, 3.63) is 24.0 Å². The Morgan fingerprint density at radius 2 is 2.25 bits per heavy atom. The molecule has 2 heterocycles. The lowest BCUT2D eigenvalue weighted by Gasteiger charge is -2.35. The van der Waals surface area contributed by atoms with Crippen molar-refractivity contribution < 1.29 is 9.90 Å². The summed E-state index contributed by atoms with van der Waals surface area (Å²) in [6.07, 6.45) is 3.91. The largest absolute Gasteiger partial charge is 0.506 e. The Morgan fingerprint density at radius 3 is 2.80 bits per heavy atom. The number of likely N-dealkylation sites (tertiary alicyclic amines) is 1. The van der Waals surface area contributed by atoms with E-state index >= 15 is 0 Å². The Kier molecular flexibility index (Phi) is 3.99. The first-order valence-corrected chi connectivity index (χ1v) is 6.93. The van der Waals surface area contributed by atoms with Gasteiger partial charge in [-0.25, -0.2) is 0 Å². The third-order valence-electron chi connectivity index (χ3n) is 4.61. The van der Waals surface area contributed by atoms with E-state index in [1.54, 1.807) is 11.9 Å². The van der Waals surface area contributed by atoms with Gasteiger partial charge in [-0.05, 0) is 45.8 Å². The van der Waals surface area contributed by atoms with Gasteiger partial charge in [0, 0.05) is 25.3 Å². The highest BCUT2D eigenvalue weighted by atomic mass is 16.3. The number of hydrogen-bond donors (Lipinski definition) is 1. The molecule has 110 valence electrons. The molecule has 1 saturated heterocycles. The molecule has 2 rings (SSSR count). The predicted molar refractivity (Wildman–Crippen MR) is 77.7 cm³/mol. The van der Waals surface area contributed by atoms with Crippen molar-refractivity contribution in [3.8, 4) is 5.75 Å². The average molecular weight is 277 g/mol. The van der Waals surface area contributed by atoms with E-state index in [9.17, 15) is 9.90 Å². The van der Waals surface area contributed by atoms with Crippen LogP contribution in [0.4, 0.5) is 0 Å². The van der Waals surface area contributed by atoms with E-state index in [0.29, 0.717) is 18.0 Å². The molecule has 1 aromatic heterocycles. The monoisotopic (exact) mass is 277 g/mol. The van der Waals surface area contributed by atoms with Gasteiger partial charge in [0.05, 0.1) is 11.8 Å². The van der Waals surface area contributed by atoms with Crippen molar-refractivity contribution in [2.45, 2.75) is 25.8 Å². The number of hydrogen-bond acceptors (Lipinski definition) is 4. The Labute approximate surface area is 120 Å². The van der Waals surface area contributed by atoms with Gasteiger partial charge in [-0.1, -0.05) is 0 Å². The summed E-state index contributed by atoms with van der Waals surface area (Å²) in [6, 6.07) is 1.46. The summed E-state index contributed by atoms with van der Waals surface area (Å²) in [5.41, 5.74) is 0.530. The number of carbonyl (C=O) groups is 1. The van der Waals surface area contributed by atoms with Crippen molar-refractivity contribution in [2.24, 2.45) is 5.92 Å². The van der Waals surface area contributed by atoms with Gasteiger partial charge >= 0.3 is 0 Å². The van der Waals surface area contributed by atoms with Gasteiger partial charge in [0.2, 0.25) is 0 Å².